The maximum absolute atomic E-state index is 6.04. The number of hydrogen-bond donors (Lipinski definition) is 1. The summed E-state index contributed by atoms with van der Waals surface area (Å²) in [7, 11) is 3.37. The Hall–Kier alpha value is -1.75. The molecule has 0 aromatic heterocycles. The van der Waals surface area contributed by atoms with E-state index in [1.165, 1.54) is 11.1 Å². The molecular formula is C20H27ClN2O2. The quantitative estimate of drug-likeness (QED) is 0.856. The highest BCUT2D eigenvalue weighted by Gasteiger charge is 2.32. The minimum absolute atomic E-state index is 0. The highest BCUT2D eigenvalue weighted by Crippen LogP contribution is 2.33. The third-order valence-corrected chi connectivity index (χ3v) is 4.86. The smallest absolute Gasteiger partial charge is 0.122 e. The van der Waals surface area contributed by atoms with Crippen molar-refractivity contribution < 1.29 is 9.47 Å². The zero-order valence-electron chi connectivity index (χ0n) is 14.9. The molecule has 0 saturated carbocycles. The summed E-state index contributed by atoms with van der Waals surface area (Å²) in [6, 6.07) is 16.8. The van der Waals surface area contributed by atoms with Gasteiger partial charge in [-0.05, 0) is 35.7 Å². The molecule has 5 heteroatoms. The molecule has 0 spiro atoms. The van der Waals surface area contributed by atoms with E-state index in [0.29, 0.717) is 11.8 Å². The van der Waals surface area contributed by atoms with E-state index in [4.69, 9.17) is 15.2 Å². The normalized spacial score (nSPS) is 20.1. The molecule has 2 N–H and O–H groups in total. The lowest BCUT2D eigenvalue weighted by Gasteiger charge is -2.17. The largest absolute Gasteiger partial charge is 0.497 e. The Kier molecular flexibility index (Phi) is 7.12. The number of benzene rings is 2. The van der Waals surface area contributed by atoms with Gasteiger partial charge in [-0.3, -0.25) is 4.90 Å². The molecule has 0 bridgehead atoms. The molecule has 2 atom stereocenters. The second kappa shape index (κ2) is 9.09. The number of likely N-dealkylation sites (tertiary alicyclic amines) is 1. The molecule has 1 fully saturated rings. The Bertz CT molecular complexity index is 644. The lowest BCUT2D eigenvalue weighted by Crippen LogP contribution is -2.23. The summed E-state index contributed by atoms with van der Waals surface area (Å²) in [5, 5.41) is 0. The second-order valence-electron chi connectivity index (χ2n) is 6.43. The molecule has 0 amide bonds. The van der Waals surface area contributed by atoms with Crippen LogP contribution in [0.25, 0.3) is 0 Å². The molecule has 1 saturated heterocycles. The first-order chi connectivity index (χ1) is 11.7. The predicted octanol–water partition coefficient (Wildman–Crippen LogP) is 3.30. The van der Waals surface area contributed by atoms with Crippen molar-refractivity contribution in [3.8, 4) is 11.5 Å². The monoisotopic (exact) mass is 362 g/mol. The van der Waals surface area contributed by atoms with Crippen molar-refractivity contribution in [1.82, 2.24) is 4.90 Å². The van der Waals surface area contributed by atoms with Crippen LogP contribution in [0.2, 0.25) is 0 Å². The number of methoxy groups -OCH3 is 2. The Labute approximate surface area is 156 Å². The van der Waals surface area contributed by atoms with Crippen LogP contribution in [-0.4, -0.2) is 38.8 Å². The molecule has 25 heavy (non-hydrogen) atoms. The molecule has 2 aromatic carbocycles. The Morgan fingerprint density at radius 2 is 1.64 bits per heavy atom. The summed E-state index contributed by atoms with van der Waals surface area (Å²) < 4.78 is 10.8. The van der Waals surface area contributed by atoms with E-state index in [0.717, 1.165) is 37.7 Å². The highest BCUT2D eigenvalue weighted by atomic mass is 35.5. The van der Waals surface area contributed by atoms with Crippen molar-refractivity contribution in [2.24, 2.45) is 11.7 Å². The lowest BCUT2D eigenvalue weighted by atomic mass is 9.89. The fourth-order valence-corrected chi connectivity index (χ4v) is 3.62. The first-order valence-electron chi connectivity index (χ1n) is 8.42. The van der Waals surface area contributed by atoms with Gasteiger partial charge in [0.25, 0.3) is 0 Å². The number of hydrogen-bond acceptors (Lipinski definition) is 4. The average molecular weight is 363 g/mol. The van der Waals surface area contributed by atoms with E-state index in [1.807, 2.05) is 6.07 Å². The van der Waals surface area contributed by atoms with Crippen LogP contribution in [0.4, 0.5) is 0 Å². The Morgan fingerprint density at radius 3 is 2.20 bits per heavy atom. The minimum atomic E-state index is 0. The average Bonchev–Trinajstić information content (AvgIpc) is 3.04. The molecule has 1 heterocycles. The van der Waals surface area contributed by atoms with Crippen LogP contribution in [0.3, 0.4) is 0 Å². The molecule has 1 aliphatic rings. The van der Waals surface area contributed by atoms with Crippen LogP contribution in [0, 0.1) is 5.92 Å². The van der Waals surface area contributed by atoms with E-state index < -0.39 is 0 Å². The minimum Gasteiger partial charge on any atom is -0.497 e. The van der Waals surface area contributed by atoms with Crippen LogP contribution in [0.1, 0.15) is 17.0 Å². The topological polar surface area (TPSA) is 47.7 Å². The van der Waals surface area contributed by atoms with E-state index in [9.17, 15) is 0 Å². The van der Waals surface area contributed by atoms with Crippen LogP contribution in [-0.2, 0) is 6.54 Å². The zero-order valence-corrected chi connectivity index (χ0v) is 15.7. The van der Waals surface area contributed by atoms with E-state index in [-0.39, 0.29) is 12.4 Å². The van der Waals surface area contributed by atoms with Crippen molar-refractivity contribution in [3.63, 3.8) is 0 Å². The van der Waals surface area contributed by atoms with Gasteiger partial charge in [0, 0.05) is 31.6 Å². The predicted molar refractivity (Wildman–Crippen MR) is 104 cm³/mol. The summed E-state index contributed by atoms with van der Waals surface area (Å²) in [5.74, 6) is 2.67. The van der Waals surface area contributed by atoms with Crippen molar-refractivity contribution in [2.75, 3.05) is 33.9 Å². The second-order valence-corrected chi connectivity index (χ2v) is 6.43. The number of nitrogens with two attached hydrogens (primary N) is 1. The SMILES string of the molecule is COc1cc(CN2C[C@@H](CN)[C@H](c3ccccc3)C2)cc(OC)c1.Cl. The maximum Gasteiger partial charge on any atom is 0.122 e. The van der Waals surface area contributed by atoms with Gasteiger partial charge >= 0.3 is 0 Å². The van der Waals surface area contributed by atoms with Gasteiger partial charge in [-0.2, -0.15) is 0 Å². The van der Waals surface area contributed by atoms with Crippen molar-refractivity contribution in [1.29, 1.82) is 0 Å². The number of nitrogens with zero attached hydrogens (tertiary/aromatic N) is 1. The number of halogens is 1. The van der Waals surface area contributed by atoms with Crippen LogP contribution in [0.15, 0.2) is 48.5 Å². The van der Waals surface area contributed by atoms with E-state index >= 15 is 0 Å². The molecule has 136 valence electrons. The summed E-state index contributed by atoms with van der Waals surface area (Å²) >= 11 is 0. The van der Waals surface area contributed by atoms with Crippen molar-refractivity contribution in [2.45, 2.75) is 12.5 Å². The van der Waals surface area contributed by atoms with Gasteiger partial charge in [-0.1, -0.05) is 30.3 Å². The van der Waals surface area contributed by atoms with Gasteiger partial charge < -0.3 is 15.2 Å². The first kappa shape index (κ1) is 19.6. The van der Waals surface area contributed by atoms with Crippen LogP contribution < -0.4 is 15.2 Å². The molecule has 0 radical (unpaired) electrons. The standard InChI is InChI=1S/C20H26N2O2.ClH/c1-23-18-8-15(9-19(10-18)24-2)12-22-13-17(11-21)20(14-22)16-6-4-3-5-7-16;/h3-10,17,20H,11-14,21H2,1-2H3;1H/t17-,20+;/m1./s1. The van der Waals surface area contributed by atoms with Gasteiger partial charge in [0.15, 0.2) is 0 Å². The van der Waals surface area contributed by atoms with Crippen LogP contribution in [0.5, 0.6) is 11.5 Å². The van der Waals surface area contributed by atoms with Gasteiger partial charge in [-0.15, -0.1) is 12.4 Å². The summed E-state index contributed by atoms with van der Waals surface area (Å²) in [5.41, 5.74) is 8.63. The Morgan fingerprint density at radius 1 is 1.00 bits per heavy atom. The maximum atomic E-state index is 6.04. The van der Waals surface area contributed by atoms with Gasteiger partial charge in [0.1, 0.15) is 11.5 Å². The first-order valence-corrected chi connectivity index (χ1v) is 8.42. The van der Waals surface area contributed by atoms with Gasteiger partial charge in [0.2, 0.25) is 0 Å². The molecule has 4 nitrogen and oxygen atoms in total. The molecule has 2 aromatic rings. The Balaban J connectivity index is 0.00000225. The zero-order chi connectivity index (χ0) is 16.9. The highest BCUT2D eigenvalue weighted by molar-refractivity contribution is 5.85. The molecule has 0 aliphatic carbocycles. The summed E-state index contributed by atoms with van der Waals surface area (Å²) in [4.78, 5) is 2.48. The summed E-state index contributed by atoms with van der Waals surface area (Å²) in [6.07, 6.45) is 0. The molecule has 1 aliphatic heterocycles. The summed E-state index contributed by atoms with van der Waals surface area (Å²) in [6.45, 7) is 3.66. The molecular weight excluding hydrogens is 336 g/mol. The third-order valence-electron chi connectivity index (χ3n) is 4.86. The van der Waals surface area contributed by atoms with Gasteiger partial charge in [-0.25, -0.2) is 0 Å². The fraction of sp³-hybridized carbons (Fsp3) is 0.400. The van der Waals surface area contributed by atoms with E-state index in [1.54, 1.807) is 14.2 Å². The van der Waals surface area contributed by atoms with Gasteiger partial charge in [0.05, 0.1) is 14.2 Å². The molecule has 0 unspecified atom stereocenters. The van der Waals surface area contributed by atoms with Crippen molar-refractivity contribution in [3.05, 3.63) is 59.7 Å². The third kappa shape index (κ3) is 4.66. The lowest BCUT2D eigenvalue weighted by molar-refractivity contribution is 0.314. The van der Waals surface area contributed by atoms with Crippen molar-refractivity contribution >= 4 is 12.4 Å². The fourth-order valence-electron chi connectivity index (χ4n) is 3.62. The number of rotatable bonds is 6. The van der Waals surface area contributed by atoms with Crippen LogP contribution >= 0.6 is 12.4 Å². The number of ether oxygens (including phenoxy) is 2. The molecule has 3 rings (SSSR count). The van der Waals surface area contributed by atoms with E-state index in [2.05, 4.69) is 47.4 Å².